The van der Waals surface area contributed by atoms with Gasteiger partial charge in [-0.15, -0.1) is 0 Å². The van der Waals surface area contributed by atoms with Crippen molar-refractivity contribution in [2.75, 3.05) is 10.6 Å². The molecule has 29 heavy (non-hydrogen) atoms. The monoisotopic (exact) mass is 380 g/mol. The van der Waals surface area contributed by atoms with Crippen molar-refractivity contribution in [3.8, 4) is 11.4 Å². The molecule has 0 aliphatic heterocycles. The fourth-order valence-electron chi connectivity index (χ4n) is 2.97. The van der Waals surface area contributed by atoms with Crippen LogP contribution in [-0.4, -0.2) is 15.9 Å². The van der Waals surface area contributed by atoms with Gasteiger partial charge in [-0.25, -0.2) is 9.97 Å². The van der Waals surface area contributed by atoms with Crippen LogP contribution in [0.3, 0.4) is 0 Å². The van der Waals surface area contributed by atoms with Gasteiger partial charge in [0.15, 0.2) is 5.82 Å². The molecule has 3 aromatic carbocycles. The summed E-state index contributed by atoms with van der Waals surface area (Å²) in [6.07, 6.45) is 1.71. The zero-order valence-corrected chi connectivity index (χ0v) is 16.0. The van der Waals surface area contributed by atoms with Gasteiger partial charge >= 0.3 is 0 Å². The van der Waals surface area contributed by atoms with E-state index in [9.17, 15) is 4.79 Å². The van der Waals surface area contributed by atoms with Crippen LogP contribution in [0.1, 0.15) is 15.9 Å². The topological polar surface area (TPSA) is 66.9 Å². The number of benzene rings is 3. The second-order valence-electron chi connectivity index (χ2n) is 6.66. The first-order valence-corrected chi connectivity index (χ1v) is 9.31. The predicted octanol–water partition coefficient (Wildman–Crippen LogP) is 5.45. The lowest BCUT2D eigenvalue weighted by Crippen LogP contribution is -2.12. The number of hydrogen-bond donors (Lipinski definition) is 2. The third kappa shape index (κ3) is 4.65. The normalized spacial score (nSPS) is 10.4. The standard InChI is InChI=1S/C24H20N4O/c1-17-7-5-11-20(15-17)27-24(29)19-10-6-12-21(16-19)26-22-13-14-25-23(28-22)18-8-3-2-4-9-18/h2-16H,1H3,(H,27,29)(H,25,26,28). The SMILES string of the molecule is Cc1cccc(NC(=O)c2cccc(Nc3ccnc(-c4ccccc4)n3)c2)c1. The van der Waals surface area contributed by atoms with Crippen molar-refractivity contribution in [3.63, 3.8) is 0 Å². The molecular weight excluding hydrogens is 360 g/mol. The molecule has 5 nitrogen and oxygen atoms in total. The highest BCUT2D eigenvalue weighted by molar-refractivity contribution is 6.04. The summed E-state index contributed by atoms with van der Waals surface area (Å²) in [5.74, 6) is 1.14. The molecule has 0 saturated heterocycles. The summed E-state index contributed by atoms with van der Waals surface area (Å²) in [6.45, 7) is 1.99. The number of nitrogens with zero attached hydrogens (tertiary/aromatic N) is 2. The molecular formula is C24H20N4O. The number of carbonyl (C=O) groups is 1. The molecule has 0 saturated carbocycles. The van der Waals surface area contributed by atoms with Gasteiger partial charge in [-0.1, -0.05) is 48.5 Å². The van der Waals surface area contributed by atoms with Gasteiger partial charge in [0.05, 0.1) is 0 Å². The van der Waals surface area contributed by atoms with Gasteiger partial charge in [0.1, 0.15) is 5.82 Å². The van der Waals surface area contributed by atoms with Crippen LogP contribution >= 0.6 is 0 Å². The summed E-state index contributed by atoms with van der Waals surface area (Å²) in [5.41, 5.74) is 4.16. The van der Waals surface area contributed by atoms with Crippen LogP contribution in [-0.2, 0) is 0 Å². The van der Waals surface area contributed by atoms with E-state index in [1.807, 2.05) is 73.7 Å². The molecule has 1 amide bonds. The quantitative estimate of drug-likeness (QED) is 0.483. The molecule has 0 unspecified atom stereocenters. The van der Waals surface area contributed by atoms with Gasteiger partial charge in [-0.2, -0.15) is 0 Å². The Morgan fingerprint density at radius 1 is 0.828 bits per heavy atom. The minimum Gasteiger partial charge on any atom is -0.340 e. The lowest BCUT2D eigenvalue weighted by atomic mass is 10.1. The molecule has 0 radical (unpaired) electrons. The first-order valence-electron chi connectivity index (χ1n) is 9.31. The molecule has 4 rings (SSSR count). The Kier molecular flexibility index (Phi) is 5.29. The van der Waals surface area contributed by atoms with E-state index in [1.54, 1.807) is 24.4 Å². The second kappa shape index (κ2) is 8.35. The van der Waals surface area contributed by atoms with E-state index in [-0.39, 0.29) is 5.91 Å². The maximum absolute atomic E-state index is 12.6. The van der Waals surface area contributed by atoms with Crippen LogP contribution in [0, 0.1) is 6.92 Å². The smallest absolute Gasteiger partial charge is 0.255 e. The summed E-state index contributed by atoms with van der Waals surface area (Å²) in [4.78, 5) is 21.5. The van der Waals surface area contributed by atoms with Crippen molar-refractivity contribution in [2.45, 2.75) is 6.92 Å². The molecule has 0 atom stereocenters. The Morgan fingerprint density at radius 2 is 1.62 bits per heavy atom. The van der Waals surface area contributed by atoms with Gasteiger partial charge in [-0.05, 0) is 48.9 Å². The zero-order chi connectivity index (χ0) is 20.1. The summed E-state index contributed by atoms with van der Waals surface area (Å²) in [6, 6.07) is 26.6. The van der Waals surface area contributed by atoms with Crippen molar-refractivity contribution in [2.24, 2.45) is 0 Å². The molecule has 1 heterocycles. The summed E-state index contributed by atoms with van der Waals surface area (Å²) in [5, 5.41) is 6.18. The number of hydrogen-bond acceptors (Lipinski definition) is 4. The van der Waals surface area contributed by atoms with E-state index >= 15 is 0 Å². The molecule has 0 aliphatic rings. The molecule has 4 aromatic rings. The van der Waals surface area contributed by atoms with Crippen molar-refractivity contribution in [1.82, 2.24) is 9.97 Å². The lowest BCUT2D eigenvalue weighted by Gasteiger charge is -2.10. The van der Waals surface area contributed by atoms with Crippen LogP contribution in [0.2, 0.25) is 0 Å². The minimum absolute atomic E-state index is 0.160. The van der Waals surface area contributed by atoms with Crippen LogP contribution in [0.25, 0.3) is 11.4 Å². The molecule has 2 N–H and O–H groups in total. The number of aromatic nitrogens is 2. The van der Waals surface area contributed by atoms with Crippen LogP contribution < -0.4 is 10.6 Å². The highest BCUT2D eigenvalue weighted by Gasteiger charge is 2.08. The third-order valence-corrected chi connectivity index (χ3v) is 4.36. The predicted molar refractivity (Wildman–Crippen MR) is 116 cm³/mol. The number of anilines is 3. The fourth-order valence-corrected chi connectivity index (χ4v) is 2.97. The molecule has 1 aromatic heterocycles. The van der Waals surface area contributed by atoms with E-state index in [0.29, 0.717) is 17.2 Å². The Hall–Kier alpha value is -3.99. The van der Waals surface area contributed by atoms with E-state index < -0.39 is 0 Å². The van der Waals surface area contributed by atoms with Crippen molar-refractivity contribution in [3.05, 3.63) is 102 Å². The van der Waals surface area contributed by atoms with Gasteiger partial charge < -0.3 is 10.6 Å². The minimum atomic E-state index is -0.160. The molecule has 0 aliphatic carbocycles. The highest BCUT2D eigenvalue weighted by atomic mass is 16.1. The van der Waals surface area contributed by atoms with E-state index in [4.69, 9.17) is 0 Å². The highest BCUT2D eigenvalue weighted by Crippen LogP contribution is 2.20. The second-order valence-corrected chi connectivity index (χ2v) is 6.66. The lowest BCUT2D eigenvalue weighted by molar-refractivity contribution is 0.102. The first-order chi connectivity index (χ1) is 14.2. The van der Waals surface area contributed by atoms with Gasteiger partial charge in [0.25, 0.3) is 5.91 Å². The molecule has 5 heteroatoms. The Labute approximate surface area is 169 Å². The summed E-state index contributed by atoms with van der Waals surface area (Å²) < 4.78 is 0. The first kappa shape index (κ1) is 18.4. The molecule has 0 spiro atoms. The summed E-state index contributed by atoms with van der Waals surface area (Å²) >= 11 is 0. The molecule has 142 valence electrons. The number of nitrogens with one attached hydrogen (secondary N) is 2. The van der Waals surface area contributed by atoms with E-state index in [2.05, 4.69) is 20.6 Å². The zero-order valence-electron chi connectivity index (χ0n) is 16.0. The average molecular weight is 380 g/mol. The number of aryl methyl sites for hydroxylation is 1. The number of carbonyl (C=O) groups excluding carboxylic acids is 1. The van der Waals surface area contributed by atoms with Gasteiger partial charge in [0, 0.05) is 28.7 Å². The van der Waals surface area contributed by atoms with E-state index in [1.165, 1.54) is 0 Å². The largest absolute Gasteiger partial charge is 0.340 e. The Balaban J connectivity index is 1.51. The number of amides is 1. The van der Waals surface area contributed by atoms with Crippen LogP contribution in [0.5, 0.6) is 0 Å². The van der Waals surface area contributed by atoms with Crippen molar-refractivity contribution in [1.29, 1.82) is 0 Å². The third-order valence-electron chi connectivity index (χ3n) is 4.36. The maximum atomic E-state index is 12.6. The summed E-state index contributed by atoms with van der Waals surface area (Å²) in [7, 11) is 0. The Bertz CT molecular complexity index is 1140. The van der Waals surface area contributed by atoms with Crippen LogP contribution in [0.15, 0.2) is 91.1 Å². The molecule has 0 fully saturated rings. The van der Waals surface area contributed by atoms with Gasteiger partial charge in [-0.3, -0.25) is 4.79 Å². The average Bonchev–Trinajstić information content (AvgIpc) is 2.75. The maximum Gasteiger partial charge on any atom is 0.255 e. The van der Waals surface area contributed by atoms with Crippen molar-refractivity contribution >= 4 is 23.1 Å². The molecule has 0 bridgehead atoms. The number of rotatable bonds is 5. The fraction of sp³-hybridized carbons (Fsp3) is 0.0417. The Morgan fingerprint density at radius 3 is 2.45 bits per heavy atom. The van der Waals surface area contributed by atoms with Crippen LogP contribution in [0.4, 0.5) is 17.2 Å². The van der Waals surface area contributed by atoms with Crippen molar-refractivity contribution < 1.29 is 4.79 Å². The van der Waals surface area contributed by atoms with Gasteiger partial charge in [0.2, 0.25) is 0 Å². The van der Waals surface area contributed by atoms with E-state index in [0.717, 1.165) is 22.5 Å².